The first-order chi connectivity index (χ1) is 10.5. The molecule has 0 saturated heterocycles. The standard InChI is InChI=1S/C15H13ClN2O4/c1-10(15(19)17-12-5-3-2-4-6-12)22-14-8-7-11(16)9-13(14)18(20)21/h2-10H,1H3,(H,17,19)/t10-/m0/s1. The molecule has 0 saturated carbocycles. The van der Waals surface area contributed by atoms with Gasteiger partial charge in [-0.1, -0.05) is 29.8 Å². The van der Waals surface area contributed by atoms with Gasteiger partial charge in [-0.25, -0.2) is 0 Å². The average molecular weight is 321 g/mol. The predicted octanol–water partition coefficient (Wildman–Crippen LogP) is 3.65. The van der Waals surface area contributed by atoms with Crippen molar-refractivity contribution in [3.63, 3.8) is 0 Å². The molecule has 2 aromatic rings. The van der Waals surface area contributed by atoms with Gasteiger partial charge in [0.25, 0.3) is 5.91 Å². The van der Waals surface area contributed by atoms with Gasteiger partial charge in [0, 0.05) is 16.8 Å². The minimum atomic E-state index is -0.903. The first-order valence-electron chi connectivity index (χ1n) is 6.44. The van der Waals surface area contributed by atoms with Crippen LogP contribution in [0.2, 0.25) is 5.02 Å². The van der Waals surface area contributed by atoms with Crippen LogP contribution < -0.4 is 10.1 Å². The van der Waals surface area contributed by atoms with Crippen molar-refractivity contribution >= 4 is 28.9 Å². The molecule has 114 valence electrons. The molecule has 2 aromatic carbocycles. The Balaban J connectivity index is 2.10. The number of nitrogens with one attached hydrogen (secondary N) is 1. The van der Waals surface area contributed by atoms with Crippen molar-refractivity contribution in [1.82, 2.24) is 0 Å². The van der Waals surface area contributed by atoms with Crippen LogP contribution >= 0.6 is 11.6 Å². The Morgan fingerprint density at radius 3 is 2.59 bits per heavy atom. The number of carbonyl (C=O) groups is 1. The summed E-state index contributed by atoms with van der Waals surface area (Å²) < 4.78 is 5.38. The van der Waals surface area contributed by atoms with Gasteiger partial charge in [-0.3, -0.25) is 14.9 Å². The number of ether oxygens (including phenoxy) is 1. The lowest BCUT2D eigenvalue weighted by molar-refractivity contribution is -0.386. The van der Waals surface area contributed by atoms with Crippen molar-refractivity contribution in [2.75, 3.05) is 5.32 Å². The summed E-state index contributed by atoms with van der Waals surface area (Å²) in [4.78, 5) is 22.4. The maximum atomic E-state index is 12.0. The Hall–Kier alpha value is -2.60. The minimum absolute atomic E-state index is 0.00916. The number of halogens is 1. The Morgan fingerprint density at radius 2 is 1.95 bits per heavy atom. The number of nitro groups is 1. The number of hydrogen-bond acceptors (Lipinski definition) is 4. The van der Waals surface area contributed by atoms with Crippen molar-refractivity contribution in [1.29, 1.82) is 0 Å². The number of amides is 1. The van der Waals surface area contributed by atoms with E-state index >= 15 is 0 Å². The van der Waals surface area contributed by atoms with Crippen molar-refractivity contribution in [3.8, 4) is 5.75 Å². The molecular weight excluding hydrogens is 308 g/mol. The molecule has 22 heavy (non-hydrogen) atoms. The van der Waals surface area contributed by atoms with E-state index in [1.165, 1.54) is 25.1 Å². The smallest absolute Gasteiger partial charge is 0.312 e. The number of benzene rings is 2. The Bertz CT molecular complexity index is 691. The quantitative estimate of drug-likeness (QED) is 0.673. The maximum Gasteiger partial charge on any atom is 0.312 e. The van der Waals surface area contributed by atoms with Crippen LogP contribution in [0.4, 0.5) is 11.4 Å². The van der Waals surface area contributed by atoms with Crippen molar-refractivity contribution in [3.05, 3.63) is 63.7 Å². The van der Waals surface area contributed by atoms with E-state index in [1.807, 2.05) is 6.07 Å². The van der Waals surface area contributed by atoms with Crippen LogP contribution in [0, 0.1) is 10.1 Å². The zero-order valence-corrected chi connectivity index (χ0v) is 12.4. The van der Waals surface area contributed by atoms with Gasteiger partial charge in [0.2, 0.25) is 0 Å². The lowest BCUT2D eigenvalue weighted by Crippen LogP contribution is -2.30. The van der Waals surface area contributed by atoms with Gasteiger partial charge in [-0.05, 0) is 31.2 Å². The second kappa shape index (κ2) is 6.91. The van der Waals surface area contributed by atoms with E-state index in [1.54, 1.807) is 24.3 Å². The summed E-state index contributed by atoms with van der Waals surface area (Å²) in [5, 5.41) is 13.9. The lowest BCUT2D eigenvalue weighted by atomic mass is 10.2. The van der Waals surface area contributed by atoms with Crippen LogP contribution in [0.1, 0.15) is 6.92 Å². The van der Waals surface area contributed by atoms with Crippen molar-refractivity contribution in [2.24, 2.45) is 0 Å². The maximum absolute atomic E-state index is 12.0. The van der Waals surface area contributed by atoms with E-state index in [2.05, 4.69) is 5.32 Å². The molecule has 6 nitrogen and oxygen atoms in total. The summed E-state index contributed by atoms with van der Waals surface area (Å²) in [5.41, 5.74) is 0.334. The van der Waals surface area contributed by atoms with Crippen LogP contribution in [0.3, 0.4) is 0 Å². The fourth-order valence-electron chi connectivity index (χ4n) is 1.74. The van der Waals surface area contributed by atoms with Crippen molar-refractivity contribution < 1.29 is 14.5 Å². The van der Waals surface area contributed by atoms with E-state index < -0.39 is 16.9 Å². The molecule has 1 N–H and O–H groups in total. The van der Waals surface area contributed by atoms with Crippen LogP contribution in [-0.2, 0) is 4.79 Å². The third kappa shape index (κ3) is 3.95. The summed E-state index contributed by atoms with van der Waals surface area (Å²) in [6.45, 7) is 1.51. The molecule has 0 unspecified atom stereocenters. The summed E-state index contributed by atoms with van der Waals surface area (Å²) in [5.74, 6) is -0.416. The number of para-hydroxylation sites is 1. The number of nitro benzene ring substituents is 1. The summed E-state index contributed by atoms with van der Waals surface area (Å²) in [6.07, 6.45) is -0.903. The number of anilines is 1. The van der Waals surface area contributed by atoms with E-state index in [0.717, 1.165) is 0 Å². The number of nitrogens with zero attached hydrogens (tertiary/aromatic N) is 1. The molecule has 0 radical (unpaired) electrons. The van der Waals surface area contributed by atoms with Crippen LogP contribution in [0.5, 0.6) is 5.75 Å². The monoisotopic (exact) mass is 320 g/mol. The van der Waals surface area contributed by atoms with Gasteiger partial charge in [-0.15, -0.1) is 0 Å². The second-order valence-corrected chi connectivity index (χ2v) is 4.92. The number of carbonyl (C=O) groups excluding carboxylic acids is 1. The molecule has 0 aliphatic carbocycles. The fourth-order valence-corrected chi connectivity index (χ4v) is 1.91. The molecule has 0 bridgehead atoms. The van der Waals surface area contributed by atoms with E-state index in [4.69, 9.17) is 16.3 Å². The average Bonchev–Trinajstić information content (AvgIpc) is 2.49. The van der Waals surface area contributed by atoms with Gasteiger partial charge in [0.15, 0.2) is 11.9 Å². The second-order valence-electron chi connectivity index (χ2n) is 4.48. The first-order valence-corrected chi connectivity index (χ1v) is 6.81. The topological polar surface area (TPSA) is 81.5 Å². The van der Waals surface area contributed by atoms with E-state index in [-0.39, 0.29) is 16.5 Å². The molecule has 0 heterocycles. The number of rotatable bonds is 5. The van der Waals surface area contributed by atoms with Gasteiger partial charge in [-0.2, -0.15) is 0 Å². The highest BCUT2D eigenvalue weighted by Crippen LogP contribution is 2.30. The largest absolute Gasteiger partial charge is 0.474 e. The molecule has 0 aliphatic heterocycles. The summed E-state index contributed by atoms with van der Waals surface area (Å²) in [6, 6.07) is 12.9. The molecule has 1 atom stereocenters. The molecule has 2 rings (SSSR count). The molecule has 7 heteroatoms. The predicted molar refractivity (Wildman–Crippen MR) is 83.3 cm³/mol. The SMILES string of the molecule is C[C@H](Oc1ccc(Cl)cc1[N+](=O)[O-])C(=O)Nc1ccccc1. The van der Waals surface area contributed by atoms with E-state index in [0.29, 0.717) is 5.69 Å². The summed E-state index contributed by atoms with van der Waals surface area (Å²) in [7, 11) is 0. The molecular formula is C15H13ClN2O4. The van der Waals surface area contributed by atoms with Crippen LogP contribution in [0.25, 0.3) is 0 Å². The van der Waals surface area contributed by atoms with Gasteiger partial charge < -0.3 is 10.1 Å². The third-order valence-corrected chi connectivity index (χ3v) is 3.07. The lowest BCUT2D eigenvalue weighted by Gasteiger charge is -2.14. The molecule has 0 fully saturated rings. The van der Waals surface area contributed by atoms with Crippen LogP contribution in [0.15, 0.2) is 48.5 Å². The minimum Gasteiger partial charge on any atom is -0.474 e. The Morgan fingerprint density at radius 1 is 1.27 bits per heavy atom. The summed E-state index contributed by atoms with van der Waals surface area (Å²) >= 11 is 5.73. The number of hydrogen-bond donors (Lipinski definition) is 1. The normalized spacial score (nSPS) is 11.5. The van der Waals surface area contributed by atoms with E-state index in [9.17, 15) is 14.9 Å². The van der Waals surface area contributed by atoms with Gasteiger partial charge >= 0.3 is 5.69 Å². The Kier molecular flexibility index (Phi) is 4.95. The first kappa shape index (κ1) is 15.8. The highest BCUT2D eigenvalue weighted by molar-refractivity contribution is 6.30. The zero-order valence-electron chi connectivity index (χ0n) is 11.7. The molecule has 0 aromatic heterocycles. The van der Waals surface area contributed by atoms with Crippen molar-refractivity contribution in [2.45, 2.75) is 13.0 Å². The van der Waals surface area contributed by atoms with Gasteiger partial charge in [0.1, 0.15) is 0 Å². The zero-order chi connectivity index (χ0) is 16.1. The fraction of sp³-hybridized carbons (Fsp3) is 0.133. The van der Waals surface area contributed by atoms with Crippen LogP contribution in [-0.4, -0.2) is 16.9 Å². The highest BCUT2D eigenvalue weighted by Gasteiger charge is 2.21. The highest BCUT2D eigenvalue weighted by atomic mass is 35.5. The Labute approximate surface area is 131 Å². The molecule has 0 spiro atoms. The molecule has 1 amide bonds. The molecule has 0 aliphatic rings. The third-order valence-electron chi connectivity index (χ3n) is 2.83. The van der Waals surface area contributed by atoms with Gasteiger partial charge in [0.05, 0.1) is 4.92 Å².